The average molecular weight is 291 g/mol. The molecule has 1 aliphatic rings. The average Bonchev–Trinajstić information content (AvgIpc) is 3.07. The first-order valence-corrected chi connectivity index (χ1v) is 6.71. The van der Waals surface area contributed by atoms with E-state index in [0.29, 0.717) is 31.3 Å². The number of ether oxygens (including phenoxy) is 1. The zero-order valence-corrected chi connectivity index (χ0v) is 11.6. The van der Waals surface area contributed by atoms with E-state index in [0.717, 1.165) is 11.3 Å². The van der Waals surface area contributed by atoms with E-state index in [-0.39, 0.29) is 0 Å². The number of aliphatic hydroxyl groups is 2. The second-order valence-corrected chi connectivity index (χ2v) is 5.07. The van der Waals surface area contributed by atoms with Crippen LogP contribution in [-0.4, -0.2) is 57.7 Å². The van der Waals surface area contributed by atoms with Crippen LogP contribution in [-0.2, 0) is 6.54 Å². The van der Waals surface area contributed by atoms with E-state index in [2.05, 4.69) is 10.1 Å². The molecule has 7 heteroatoms. The monoisotopic (exact) mass is 291 g/mol. The molecule has 1 saturated heterocycles. The summed E-state index contributed by atoms with van der Waals surface area (Å²) in [6.07, 6.45) is -1.43. The second-order valence-electron chi connectivity index (χ2n) is 5.07. The Morgan fingerprint density at radius 3 is 2.52 bits per heavy atom. The standard InChI is InChI=1S/C14H17N3O4/c1-20-10-4-2-9(3-5-10)14-15-13(21-16-14)8-17-6-11(18)12(19)7-17/h2-5,11-12,18-19H,6-8H2,1H3. The van der Waals surface area contributed by atoms with Crippen LogP contribution in [0.15, 0.2) is 28.8 Å². The summed E-state index contributed by atoms with van der Waals surface area (Å²) in [5.74, 6) is 1.73. The van der Waals surface area contributed by atoms with Crippen molar-refractivity contribution in [2.45, 2.75) is 18.8 Å². The first-order valence-electron chi connectivity index (χ1n) is 6.71. The summed E-state index contributed by atoms with van der Waals surface area (Å²) >= 11 is 0. The van der Waals surface area contributed by atoms with E-state index in [4.69, 9.17) is 9.26 Å². The number of benzene rings is 1. The van der Waals surface area contributed by atoms with Gasteiger partial charge in [-0.05, 0) is 24.3 Å². The van der Waals surface area contributed by atoms with Crippen LogP contribution in [0.3, 0.4) is 0 Å². The Balaban J connectivity index is 1.68. The van der Waals surface area contributed by atoms with Crippen LogP contribution in [0.25, 0.3) is 11.4 Å². The first kappa shape index (κ1) is 14.0. The van der Waals surface area contributed by atoms with Crippen LogP contribution in [0.1, 0.15) is 5.89 Å². The number of β-amino-alcohol motifs (C(OH)–C–C–N with tert-alkyl or cyclic N) is 2. The Morgan fingerprint density at radius 1 is 1.24 bits per heavy atom. The second kappa shape index (κ2) is 5.80. The first-order chi connectivity index (χ1) is 10.2. The van der Waals surface area contributed by atoms with Crippen molar-refractivity contribution < 1.29 is 19.5 Å². The Kier molecular flexibility index (Phi) is 3.87. The molecule has 2 aromatic rings. The molecule has 112 valence electrons. The SMILES string of the molecule is COc1ccc(-c2noc(CN3CC(O)C(O)C3)n2)cc1. The van der Waals surface area contributed by atoms with Crippen LogP contribution in [0.4, 0.5) is 0 Å². The van der Waals surface area contributed by atoms with Crippen LogP contribution in [0, 0.1) is 0 Å². The van der Waals surface area contributed by atoms with Crippen LogP contribution >= 0.6 is 0 Å². The maximum absolute atomic E-state index is 9.51. The van der Waals surface area contributed by atoms with E-state index >= 15 is 0 Å². The topological polar surface area (TPSA) is 91.9 Å². The zero-order chi connectivity index (χ0) is 14.8. The minimum absolute atomic E-state index is 0.404. The van der Waals surface area contributed by atoms with Crippen LogP contribution in [0.2, 0.25) is 0 Å². The maximum Gasteiger partial charge on any atom is 0.241 e. The van der Waals surface area contributed by atoms with Gasteiger partial charge in [-0.25, -0.2) is 0 Å². The highest BCUT2D eigenvalue weighted by Gasteiger charge is 2.30. The molecular weight excluding hydrogens is 274 g/mol. The molecule has 2 N–H and O–H groups in total. The fourth-order valence-electron chi connectivity index (χ4n) is 2.34. The number of methoxy groups -OCH3 is 1. The van der Waals surface area contributed by atoms with Gasteiger partial charge in [0.05, 0.1) is 25.9 Å². The van der Waals surface area contributed by atoms with Crippen molar-refractivity contribution in [1.82, 2.24) is 15.0 Å². The van der Waals surface area contributed by atoms with Gasteiger partial charge in [-0.15, -0.1) is 0 Å². The molecule has 1 aliphatic heterocycles. The summed E-state index contributed by atoms with van der Waals surface area (Å²) in [6.45, 7) is 1.22. The molecule has 1 fully saturated rings. The van der Waals surface area contributed by atoms with Gasteiger partial charge in [-0.2, -0.15) is 4.98 Å². The van der Waals surface area contributed by atoms with Crippen LogP contribution in [0.5, 0.6) is 5.75 Å². The predicted molar refractivity (Wildman–Crippen MR) is 73.6 cm³/mol. The molecule has 0 amide bonds. The quantitative estimate of drug-likeness (QED) is 0.836. The smallest absolute Gasteiger partial charge is 0.241 e. The highest BCUT2D eigenvalue weighted by Crippen LogP contribution is 2.20. The zero-order valence-electron chi connectivity index (χ0n) is 11.6. The fourth-order valence-corrected chi connectivity index (χ4v) is 2.34. The van der Waals surface area contributed by atoms with Gasteiger partial charge >= 0.3 is 0 Å². The minimum atomic E-state index is -0.714. The normalized spacial score (nSPS) is 22.6. The van der Waals surface area contributed by atoms with Gasteiger partial charge < -0.3 is 19.5 Å². The third-order valence-corrected chi connectivity index (χ3v) is 3.51. The highest BCUT2D eigenvalue weighted by atomic mass is 16.5. The van der Waals surface area contributed by atoms with Crippen molar-refractivity contribution in [3.8, 4) is 17.1 Å². The molecular formula is C14H17N3O4. The summed E-state index contributed by atoms with van der Waals surface area (Å²) in [5.41, 5.74) is 0.840. The van der Waals surface area contributed by atoms with Gasteiger partial charge in [0.15, 0.2) is 0 Å². The number of hydrogen-bond donors (Lipinski definition) is 2. The lowest BCUT2D eigenvalue weighted by Gasteiger charge is -2.10. The van der Waals surface area contributed by atoms with Crippen LogP contribution < -0.4 is 4.74 Å². The molecule has 2 heterocycles. The molecule has 0 spiro atoms. The molecule has 0 saturated carbocycles. The summed E-state index contributed by atoms with van der Waals surface area (Å²) in [6, 6.07) is 7.38. The summed E-state index contributed by atoms with van der Waals surface area (Å²) in [7, 11) is 1.61. The Labute approximate surface area is 121 Å². The lowest BCUT2D eigenvalue weighted by Crippen LogP contribution is -2.22. The molecule has 21 heavy (non-hydrogen) atoms. The summed E-state index contributed by atoms with van der Waals surface area (Å²) in [5, 5.41) is 23.0. The number of likely N-dealkylation sites (tertiary alicyclic amines) is 1. The lowest BCUT2D eigenvalue weighted by molar-refractivity contribution is 0.0572. The van der Waals surface area contributed by atoms with E-state index in [1.807, 2.05) is 29.2 Å². The molecule has 3 rings (SSSR count). The van der Waals surface area contributed by atoms with Gasteiger partial charge in [0, 0.05) is 18.7 Å². The molecule has 0 radical (unpaired) electrons. The minimum Gasteiger partial charge on any atom is -0.497 e. The molecule has 1 aromatic heterocycles. The lowest BCUT2D eigenvalue weighted by atomic mass is 10.2. The van der Waals surface area contributed by atoms with Crippen molar-refractivity contribution in [1.29, 1.82) is 0 Å². The number of nitrogens with zero attached hydrogens (tertiary/aromatic N) is 3. The summed E-state index contributed by atoms with van der Waals surface area (Å²) < 4.78 is 10.3. The third kappa shape index (κ3) is 3.05. The Hall–Kier alpha value is -1.96. The largest absolute Gasteiger partial charge is 0.497 e. The predicted octanol–water partition coefficient (Wildman–Crippen LogP) is 0.283. The molecule has 2 atom stereocenters. The fraction of sp³-hybridized carbons (Fsp3) is 0.429. The molecule has 7 nitrogen and oxygen atoms in total. The number of aliphatic hydroxyl groups excluding tert-OH is 2. The van der Waals surface area contributed by atoms with E-state index in [9.17, 15) is 10.2 Å². The van der Waals surface area contributed by atoms with Gasteiger partial charge in [0.1, 0.15) is 5.75 Å². The molecule has 0 bridgehead atoms. The van der Waals surface area contributed by atoms with E-state index < -0.39 is 12.2 Å². The van der Waals surface area contributed by atoms with Gasteiger partial charge in [0.25, 0.3) is 0 Å². The van der Waals surface area contributed by atoms with Gasteiger partial charge in [-0.1, -0.05) is 5.16 Å². The van der Waals surface area contributed by atoms with Crippen molar-refractivity contribution in [2.75, 3.05) is 20.2 Å². The van der Waals surface area contributed by atoms with E-state index in [1.165, 1.54) is 0 Å². The van der Waals surface area contributed by atoms with Crippen molar-refractivity contribution in [3.63, 3.8) is 0 Å². The number of aromatic nitrogens is 2. The highest BCUT2D eigenvalue weighted by molar-refractivity contribution is 5.55. The van der Waals surface area contributed by atoms with Gasteiger partial charge in [0.2, 0.25) is 11.7 Å². The Bertz CT molecular complexity index is 589. The van der Waals surface area contributed by atoms with Crippen molar-refractivity contribution in [3.05, 3.63) is 30.2 Å². The molecule has 2 unspecified atom stereocenters. The molecule has 1 aromatic carbocycles. The maximum atomic E-state index is 9.51. The number of hydrogen-bond acceptors (Lipinski definition) is 7. The van der Waals surface area contributed by atoms with Crippen molar-refractivity contribution in [2.24, 2.45) is 0 Å². The summed E-state index contributed by atoms with van der Waals surface area (Å²) in [4.78, 5) is 6.20. The van der Waals surface area contributed by atoms with Crippen molar-refractivity contribution >= 4 is 0 Å². The Morgan fingerprint density at radius 2 is 1.90 bits per heavy atom. The third-order valence-electron chi connectivity index (χ3n) is 3.51. The van der Waals surface area contributed by atoms with E-state index in [1.54, 1.807) is 7.11 Å². The number of rotatable bonds is 4. The molecule has 0 aliphatic carbocycles. The van der Waals surface area contributed by atoms with Gasteiger partial charge in [-0.3, -0.25) is 4.90 Å².